The number of carbonyl (C=O) groups is 2. The van der Waals surface area contributed by atoms with E-state index < -0.39 is 38.1 Å². The van der Waals surface area contributed by atoms with Crippen molar-refractivity contribution in [2.75, 3.05) is 5.32 Å². The maximum atomic E-state index is 12.8. The molecule has 0 aliphatic carbocycles. The lowest BCUT2D eigenvalue weighted by Gasteiger charge is -2.20. The average Bonchev–Trinajstić information content (AvgIpc) is 2.37. The summed E-state index contributed by atoms with van der Waals surface area (Å²) in [5.41, 5.74) is -1.39. The molecule has 0 fully saturated rings. The number of pyridine rings is 1. The van der Waals surface area contributed by atoms with E-state index in [1.54, 1.807) is 13.8 Å². The summed E-state index contributed by atoms with van der Waals surface area (Å²) < 4.78 is 41.3. The van der Waals surface area contributed by atoms with Crippen LogP contribution in [0.3, 0.4) is 0 Å². The van der Waals surface area contributed by atoms with Crippen molar-refractivity contribution in [2.45, 2.75) is 42.5 Å². The Labute approximate surface area is 153 Å². The molecular formula is C14H15Br2F3N2O3. The fourth-order valence-electron chi connectivity index (χ4n) is 1.26. The number of nitrogens with zero attached hydrogens (tertiary/aromatic N) is 1. The van der Waals surface area contributed by atoms with Crippen molar-refractivity contribution in [1.82, 2.24) is 4.98 Å². The molecule has 0 spiro atoms. The maximum absolute atomic E-state index is 12.8. The summed E-state index contributed by atoms with van der Waals surface area (Å²) in [6, 6.07) is 0.563. The Balaban J connectivity index is 3.28. The molecule has 1 amide bonds. The molecule has 1 heterocycles. The van der Waals surface area contributed by atoms with Crippen molar-refractivity contribution in [2.24, 2.45) is 0 Å². The highest BCUT2D eigenvalue weighted by atomic mass is 79.9. The molecule has 134 valence electrons. The van der Waals surface area contributed by atoms with Gasteiger partial charge in [-0.15, -0.1) is 0 Å². The minimum atomic E-state index is -4.72. The van der Waals surface area contributed by atoms with Crippen LogP contribution in [0.4, 0.5) is 18.9 Å². The zero-order valence-corrected chi connectivity index (χ0v) is 16.4. The standard InChI is InChI=1S/C14H15Br2F3N2O3/c1-12(2,15)10(22)21-7-6-20-9(14(17,18)19)5-8(7)24-11(23)13(3,4)16/h5-6H,1-4H3,(H,21,22). The van der Waals surface area contributed by atoms with Gasteiger partial charge in [-0.05, 0) is 27.7 Å². The molecule has 0 aliphatic rings. The SMILES string of the molecule is CC(C)(Br)C(=O)Nc1cnc(C(F)(F)F)cc1OC(=O)C(C)(C)Br. The number of aromatic nitrogens is 1. The van der Waals surface area contributed by atoms with Crippen LogP contribution in [-0.4, -0.2) is 25.5 Å². The fourth-order valence-corrected chi connectivity index (χ4v) is 1.44. The second-order valence-electron chi connectivity index (χ2n) is 5.85. The zero-order chi connectivity index (χ0) is 18.9. The van der Waals surface area contributed by atoms with Gasteiger partial charge in [-0.1, -0.05) is 31.9 Å². The Morgan fingerprint density at radius 2 is 1.67 bits per heavy atom. The Hall–Kier alpha value is -1.16. The minimum absolute atomic E-state index is 0.148. The van der Waals surface area contributed by atoms with Gasteiger partial charge >= 0.3 is 12.1 Å². The minimum Gasteiger partial charge on any atom is -0.423 e. The first-order chi connectivity index (χ1) is 10.6. The molecule has 0 aromatic carbocycles. The van der Waals surface area contributed by atoms with Crippen LogP contribution >= 0.6 is 31.9 Å². The topological polar surface area (TPSA) is 68.3 Å². The van der Waals surface area contributed by atoms with Gasteiger partial charge in [-0.2, -0.15) is 13.2 Å². The van der Waals surface area contributed by atoms with Crippen LogP contribution in [0.5, 0.6) is 5.75 Å². The summed E-state index contributed by atoms with van der Waals surface area (Å²) in [5.74, 6) is -1.81. The van der Waals surface area contributed by atoms with Gasteiger partial charge < -0.3 is 10.1 Å². The van der Waals surface area contributed by atoms with Gasteiger partial charge in [0.2, 0.25) is 5.91 Å². The summed E-state index contributed by atoms with van der Waals surface area (Å²) in [6.45, 7) is 6.04. The number of amides is 1. The van der Waals surface area contributed by atoms with Crippen molar-refractivity contribution in [3.05, 3.63) is 18.0 Å². The Kier molecular flexibility index (Phi) is 6.08. The molecular weight excluding hydrogens is 461 g/mol. The molecule has 24 heavy (non-hydrogen) atoms. The number of anilines is 1. The molecule has 10 heteroatoms. The van der Waals surface area contributed by atoms with E-state index in [0.29, 0.717) is 6.07 Å². The molecule has 0 bridgehead atoms. The lowest BCUT2D eigenvalue weighted by Crippen LogP contribution is -2.32. The molecule has 1 aromatic rings. The Morgan fingerprint density at radius 3 is 2.08 bits per heavy atom. The lowest BCUT2D eigenvalue weighted by molar-refractivity contribution is -0.142. The highest BCUT2D eigenvalue weighted by Crippen LogP contribution is 2.35. The van der Waals surface area contributed by atoms with E-state index in [0.717, 1.165) is 6.20 Å². The van der Waals surface area contributed by atoms with Crippen LogP contribution in [0.15, 0.2) is 12.3 Å². The van der Waals surface area contributed by atoms with Crippen molar-refractivity contribution in [3.8, 4) is 5.75 Å². The average molecular weight is 476 g/mol. The summed E-state index contributed by atoms with van der Waals surface area (Å²) in [4.78, 5) is 27.2. The van der Waals surface area contributed by atoms with Crippen LogP contribution in [0.2, 0.25) is 0 Å². The monoisotopic (exact) mass is 474 g/mol. The van der Waals surface area contributed by atoms with E-state index in [2.05, 4.69) is 42.2 Å². The van der Waals surface area contributed by atoms with Gasteiger partial charge in [0.15, 0.2) is 5.75 Å². The molecule has 0 saturated heterocycles. The van der Waals surface area contributed by atoms with Crippen LogP contribution in [0.1, 0.15) is 33.4 Å². The number of rotatable bonds is 4. The van der Waals surface area contributed by atoms with Crippen LogP contribution in [0, 0.1) is 0 Å². The third-order valence-corrected chi connectivity index (χ3v) is 3.32. The number of carbonyl (C=O) groups excluding carboxylic acids is 2. The third kappa shape index (κ3) is 5.73. The Bertz CT molecular complexity index is 650. The number of alkyl halides is 5. The van der Waals surface area contributed by atoms with Gasteiger partial charge in [0, 0.05) is 6.07 Å². The molecule has 5 nitrogen and oxygen atoms in total. The van der Waals surface area contributed by atoms with E-state index in [4.69, 9.17) is 4.74 Å². The van der Waals surface area contributed by atoms with Crippen molar-refractivity contribution in [1.29, 1.82) is 0 Å². The molecule has 0 radical (unpaired) electrons. The summed E-state index contributed by atoms with van der Waals surface area (Å²) >= 11 is 6.19. The van der Waals surface area contributed by atoms with Gasteiger partial charge in [0.05, 0.1) is 10.5 Å². The lowest BCUT2D eigenvalue weighted by atomic mass is 10.2. The smallest absolute Gasteiger partial charge is 0.423 e. The van der Waals surface area contributed by atoms with Crippen molar-refractivity contribution < 1.29 is 27.5 Å². The summed E-state index contributed by atoms with van der Waals surface area (Å²) in [5, 5.41) is 2.38. The van der Waals surface area contributed by atoms with Crippen molar-refractivity contribution >= 4 is 49.4 Å². The van der Waals surface area contributed by atoms with E-state index in [9.17, 15) is 22.8 Å². The van der Waals surface area contributed by atoms with E-state index in [-0.39, 0.29) is 5.69 Å². The predicted molar refractivity (Wildman–Crippen MR) is 89.5 cm³/mol. The number of ether oxygens (including phenoxy) is 1. The molecule has 1 N–H and O–H groups in total. The van der Waals surface area contributed by atoms with Crippen LogP contribution < -0.4 is 10.1 Å². The molecule has 1 aromatic heterocycles. The Morgan fingerprint density at radius 1 is 1.12 bits per heavy atom. The summed E-state index contributed by atoms with van der Waals surface area (Å²) in [6.07, 6.45) is -3.92. The molecule has 0 atom stereocenters. The largest absolute Gasteiger partial charge is 0.433 e. The predicted octanol–water partition coefficient (Wildman–Crippen LogP) is 4.29. The van der Waals surface area contributed by atoms with Gasteiger partial charge in [0.25, 0.3) is 0 Å². The quantitative estimate of drug-likeness (QED) is 0.521. The second-order valence-corrected chi connectivity index (χ2v) is 9.82. The number of halogens is 5. The number of esters is 1. The maximum Gasteiger partial charge on any atom is 0.433 e. The molecule has 0 saturated carbocycles. The first kappa shape index (κ1) is 20.9. The summed E-state index contributed by atoms with van der Waals surface area (Å²) in [7, 11) is 0. The van der Waals surface area contributed by atoms with Crippen LogP contribution in [-0.2, 0) is 15.8 Å². The highest BCUT2D eigenvalue weighted by molar-refractivity contribution is 9.10. The molecule has 0 aliphatic heterocycles. The zero-order valence-electron chi connectivity index (χ0n) is 13.2. The van der Waals surface area contributed by atoms with Gasteiger partial charge in [0.1, 0.15) is 15.7 Å². The number of hydrogen-bond donors (Lipinski definition) is 1. The van der Waals surface area contributed by atoms with Gasteiger partial charge in [-0.25, -0.2) is 4.98 Å². The molecule has 1 rings (SSSR count). The third-order valence-electron chi connectivity index (χ3n) is 2.63. The number of hydrogen-bond acceptors (Lipinski definition) is 4. The van der Waals surface area contributed by atoms with Gasteiger partial charge in [-0.3, -0.25) is 9.59 Å². The van der Waals surface area contributed by atoms with Crippen LogP contribution in [0.25, 0.3) is 0 Å². The first-order valence-corrected chi connectivity index (χ1v) is 8.20. The van der Waals surface area contributed by atoms with E-state index in [1.165, 1.54) is 13.8 Å². The van der Waals surface area contributed by atoms with Crippen molar-refractivity contribution in [3.63, 3.8) is 0 Å². The second kappa shape index (κ2) is 6.99. The highest BCUT2D eigenvalue weighted by Gasteiger charge is 2.35. The van der Waals surface area contributed by atoms with E-state index in [1.807, 2.05) is 0 Å². The fraction of sp³-hybridized carbons (Fsp3) is 0.500. The normalized spacial score (nSPS) is 12.7. The van der Waals surface area contributed by atoms with E-state index >= 15 is 0 Å². The molecule has 0 unspecified atom stereocenters. The number of nitrogens with one attached hydrogen (secondary N) is 1. The first-order valence-electron chi connectivity index (χ1n) is 6.61.